The first-order chi connectivity index (χ1) is 15.4. The van der Waals surface area contributed by atoms with E-state index in [4.69, 9.17) is 0 Å². The predicted octanol–water partition coefficient (Wildman–Crippen LogP) is 3.57. The van der Waals surface area contributed by atoms with Crippen LogP contribution < -0.4 is 22.8 Å². The van der Waals surface area contributed by atoms with Crippen LogP contribution in [0, 0.1) is 0 Å². The first-order valence-corrected chi connectivity index (χ1v) is 11.5. The molecule has 0 fully saturated rings. The molecule has 6 aromatic rings. The van der Waals surface area contributed by atoms with Gasteiger partial charge in [0.25, 0.3) is 0 Å². The largest absolute Gasteiger partial charge is 4.00 e. The number of fused-ring (bicyclic) bond motifs is 2. The van der Waals surface area contributed by atoms with Gasteiger partial charge in [0.2, 0.25) is 0 Å². The molecule has 0 aliphatic rings. The van der Waals surface area contributed by atoms with E-state index in [9.17, 15) is 0 Å². The van der Waals surface area contributed by atoms with Crippen molar-refractivity contribution in [1.29, 1.82) is 0 Å². The third-order valence-electron chi connectivity index (χ3n) is 4.93. The van der Waals surface area contributed by atoms with E-state index in [0.29, 0.717) is 0 Å². The predicted molar refractivity (Wildman–Crippen MR) is 138 cm³/mol. The molecule has 2 radical (unpaired) electrons. The molecule has 0 aliphatic heterocycles. The number of rotatable bonds is 2. The zero-order chi connectivity index (χ0) is 21.1. The van der Waals surface area contributed by atoms with Gasteiger partial charge in [-0.25, -0.2) is 0 Å². The third-order valence-corrected chi connectivity index (χ3v) is 6.18. The van der Waals surface area contributed by atoms with Crippen molar-refractivity contribution < 1.29 is 40.0 Å². The van der Waals surface area contributed by atoms with Gasteiger partial charge < -0.3 is 13.8 Å². The van der Waals surface area contributed by atoms with Crippen molar-refractivity contribution in [1.82, 2.24) is 0 Å². The van der Waals surface area contributed by atoms with Crippen molar-refractivity contribution in [3.8, 4) is 0 Å². The second kappa shape index (κ2) is 14.6. The summed E-state index contributed by atoms with van der Waals surface area (Å²) >= 11 is 0. The number of benzene rings is 4. The monoisotopic (exact) mass is 538 g/mol. The van der Waals surface area contributed by atoms with Crippen LogP contribution in [0.4, 0.5) is 0 Å². The van der Waals surface area contributed by atoms with Crippen LogP contribution in [0.15, 0.2) is 146 Å². The number of hydrogen-bond donors (Lipinski definition) is 0. The van der Waals surface area contributed by atoms with Gasteiger partial charge in [0, 0.05) is 0 Å². The average Bonchev–Trinajstić information content (AvgIpc) is 3.51. The first-order valence-electron chi connectivity index (χ1n) is 10.5. The van der Waals surface area contributed by atoms with E-state index in [-0.39, 0.29) is 40.0 Å². The summed E-state index contributed by atoms with van der Waals surface area (Å²) in [4.78, 5) is 0. The van der Waals surface area contributed by atoms with Crippen LogP contribution >= 0.6 is 0 Å². The van der Waals surface area contributed by atoms with E-state index in [1.165, 1.54) is 31.9 Å². The van der Waals surface area contributed by atoms with E-state index >= 15 is 0 Å². The van der Waals surface area contributed by atoms with Crippen LogP contribution in [0.5, 0.6) is 0 Å². The zero-order valence-corrected chi connectivity index (χ0v) is 22.4. The summed E-state index contributed by atoms with van der Waals surface area (Å²) in [6.45, 7) is 0. The second-order valence-electron chi connectivity index (χ2n) is 7.17. The third kappa shape index (κ3) is 8.41. The van der Waals surface area contributed by atoms with Gasteiger partial charge in [-0.1, -0.05) is 83.2 Å². The van der Waals surface area contributed by atoms with Gasteiger partial charge >= 0.3 is 26.2 Å². The Morgan fingerprint density at radius 3 is 1.21 bits per heavy atom. The van der Waals surface area contributed by atoms with Gasteiger partial charge in [-0.05, 0) is 0 Å². The molecule has 3 heteroatoms. The molecule has 6 rings (SSSR count). The minimum Gasteiger partial charge on any atom is -1.00 e. The fourth-order valence-electron chi connectivity index (χ4n) is 3.35. The molecule has 0 atom stereocenters. The molecule has 0 aliphatic carbocycles. The summed E-state index contributed by atoms with van der Waals surface area (Å²) in [6, 6.07) is 50.5. The molecule has 0 spiro atoms. The summed E-state index contributed by atoms with van der Waals surface area (Å²) in [6.07, 6.45) is 0. The standard InChI is InChI=1S/C12H10Si.2C9H7.ClH.Zr.H/c1-3-7-11(8-4-1)13-12-9-5-2-6-10-12;2*1-2-5-9-7-3-6-8(9)4-1;;;/h1-10H;2*1-7H;1H;;/q;2*-1;;+4;-1/p-1. The quantitative estimate of drug-likeness (QED) is 0.233. The van der Waals surface area contributed by atoms with E-state index in [1.807, 2.05) is 0 Å². The van der Waals surface area contributed by atoms with E-state index in [0.717, 1.165) is 9.52 Å². The molecule has 6 aromatic carbocycles. The van der Waals surface area contributed by atoms with Crippen molar-refractivity contribution in [2.24, 2.45) is 0 Å². The maximum Gasteiger partial charge on any atom is 4.00 e. The SMILES string of the molecule is [Cl-].[H-].[Zr+4].c1ccc([Si]c2ccccc2)cc1.c1ccc2[cH-]ccc2c1.c1ccc2[cH-]ccc2c1. The Kier molecular flexibility index (Phi) is 11.8. The molecule has 0 heterocycles. The Labute approximate surface area is 225 Å². The van der Waals surface area contributed by atoms with Gasteiger partial charge in [0.05, 0.1) is 0 Å². The van der Waals surface area contributed by atoms with Crippen LogP contribution in [0.1, 0.15) is 1.43 Å². The molecule has 0 saturated heterocycles. The normalized spacial score (nSPS) is 9.45. The van der Waals surface area contributed by atoms with Crippen molar-refractivity contribution in [3.05, 3.63) is 146 Å². The van der Waals surface area contributed by atoms with Crippen LogP contribution in [-0.4, -0.2) is 9.52 Å². The zero-order valence-electron chi connectivity index (χ0n) is 19.2. The number of halogens is 1. The summed E-state index contributed by atoms with van der Waals surface area (Å²) < 4.78 is 0. The summed E-state index contributed by atoms with van der Waals surface area (Å²) in [5.41, 5.74) is 0. The Morgan fingerprint density at radius 1 is 0.455 bits per heavy atom. The van der Waals surface area contributed by atoms with Gasteiger partial charge in [-0.3, -0.25) is 0 Å². The van der Waals surface area contributed by atoms with Gasteiger partial charge in [0.15, 0.2) is 0 Å². The number of hydrogen-bond acceptors (Lipinski definition) is 0. The van der Waals surface area contributed by atoms with Gasteiger partial charge in [0.1, 0.15) is 9.52 Å². The molecule has 0 amide bonds. The van der Waals surface area contributed by atoms with Gasteiger partial charge in [-0.15, -0.1) is 59.3 Å². The average molecular weight is 540 g/mol. The van der Waals surface area contributed by atoms with Crippen LogP contribution in [0.25, 0.3) is 21.5 Å². The van der Waals surface area contributed by atoms with E-state index in [1.54, 1.807) is 0 Å². The first kappa shape index (κ1) is 26.7. The maximum absolute atomic E-state index is 2.17. The molecule has 0 N–H and O–H groups in total. The Hall–Kier alpha value is -2.51. The van der Waals surface area contributed by atoms with Crippen molar-refractivity contribution in [2.45, 2.75) is 0 Å². The van der Waals surface area contributed by atoms with Crippen LogP contribution in [-0.2, 0) is 26.2 Å². The molecule has 0 aromatic heterocycles. The summed E-state index contributed by atoms with van der Waals surface area (Å²) in [5, 5.41) is 8.12. The van der Waals surface area contributed by atoms with Crippen LogP contribution in [0.3, 0.4) is 0 Å². The minimum atomic E-state index is 0. The van der Waals surface area contributed by atoms with Crippen LogP contribution in [0.2, 0.25) is 0 Å². The molecule has 0 bridgehead atoms. The van der Waals surface area contributed by atoms with Crippen molar-refractivity contribution in [2.75, 3.05) is 0 Å². The molecule has 33 heavy (non-hydrogen) atoms. The fourth-order valence-corrected chi connectivity index (χ4v) is 4.40. The molecule has 160 valence electrons. The molecule has 0 nitrogen and oxygen atoms in total. The van der Waals surface area contributed by atoms with Gasteiger partial charge in [-0.2, -0.15) is 35.0 Å². The Morgan fingerprint density at radius 2 is 0.818 bits per heavy atom. The maximum atomic E-state index is 2.17. The summed E-state index contributed by atoms with van der Waals surface area (Å²) in [7, 11) is 0.777. The minimum absolute atomic E-state index is 0. The van der Waals surface area contributed by atoms with Crippen molar-refractivity contribution >= 4 is 41.4 Å². The summed E-state index contributed by atoms with van der Waals surface area (Å²) in [5.74, 6) is 0. The second-order valence-corrected chi connectivity index (χ2v) is 8.57. The fraction of sp³-hybridized carbons (Fsp3) is 0. The smallest absolute Gasteiger partial charge is 1.00 e. The molecular formula is C30H25ClSiZr. The van der Waals surface area contributed by atoms with Crippen molar-refractivity contribution in [3.63, 3.8) is 0 Å². The topological polar surface area (TPSA) is 0 Å². The molecule has 0 unspecified atom stereocenters. The molecule has 0 saturated carbocycles. The molecular weight excluding hydrogens is 515 g/mol. The Balaban J connectivity index is 0.000000249. The van der Waals surface area contributed by atoms with E-state index in [2.05, 4.69) is 146 Å². The van der Waals surface area contributed by atoms with E-state index < -0.39 is 0 Å². The Bertz CT molecular complexity index is 1150.